The van der Waals surface area contributed by atoms with E-state index in [1.54, 1.807) is 42.5 Å². The number of nitrogens with zero attached hydrogens (tertiary/aromatic N) is 1. The Bertz CT molecular complexity index is 1340. The Kier molecular flexibility index (Phi) is 6.43. The van der Waals surface area contributed by atoms with Gasteiger partial charge in [-0.2, -0.15) is 0 Å². The third kappa shape index (κ3) is 4.42. The van der Waals surface area contributed by atoms with E-state index < -0.39 is 23.5 Å². The molecule has 0 aromatic heterocycles. The molecule has 0 bridgehead atoms. The van der Waals surface area contributed by atoms with Gasteiger partial charge in [0.2, 0.25) is 0 Å². The molecule has 0 radical (unpaired) electrons. The second-order valence-corrected chi connectivity index (χ2v) is 9.75. The molecule has 1 fully saturated rings. The summed E-state index contributed by atoms with van der Waals surface area (Å²) in [5.74, 6) is -2.35. The van der Waals surface area contributed by atoms with E-state index in [2.05, 4.69) is 0 Å². The van der Waals surface area contributed by atoms with Crippen molar-refractivity contribution >= 4 is 34.7 Å². The first-order chi connectivity index (χ1) is 16.5. The number of anilines is 1. The van der Waals surface area contributed by atoms with Crippen LogP contribution in [-0.4, -0.2) is 23.9 Å². The van der Waals surface area contributed by atoms with Gasteiger partial charge in [0.05, 0.1) is 29.3 Å². The predicted octanol–water partition coefficient (Wildman–Crippen LogP) is 6.41. The Morgan fingerprint density at radius 3 is 2.31 bits per heavy atom. The summed E-state index contributed by atoms with van der Waals surface area (Å²) in [4.78, 5) is 27.9. The molecular formula is C28H25ClFNO4. The Hall–Kier alpha value is -3.64. The molecule has 1 saturated heterocycles. The molecule has 4 rings (SSSR count). The van der Waals surface area contributed by atoms with E-state index >= 15 is 0 Å². The number of hydrogen-bond donors (Lipinski definition) is 1. The molecule has 7 heteroatoms. The Morgan fingerprint density at radius 1 is 1.03 bits per heavy atom. The summed E-state index contributed by atoms with van der Waals surface area (Å²) in [5, 5.41) is 11.3. The van der Waals surface area contributed by atoms with Crippen LogP contribution in [0, 0.1) is 5.82 Å². The first-order valence-electron chi connectivity index (χ1n) is 11.0. The summed E-state index contributed by atoms with van der Waals surface area (Å²) in [5.41, 5.74) is 1.72. The number of rotatable bonds is 4. The summed E-state index contributed by atoms with van der Waals surface area (Å²) in [7, 11) is 1.47. The lowest BCUT2D eigenvalue weighted by molar-refractivity contribution is -0.132. The fraction of sp³-hybridized carbons (Fsp3) is 0.214. The molecular weight excluding hydrogens is 469 g/mol. The van der Waals surface area contributed by atoms with Gasteiger partial charge in [0.1, 0.15) is 17.3 Å². The molecule has 0 saturated carbocycles. The minimum absolute atomic E-state index is 0.0917. The summed E-state index contributed by atoms with van der Waals surface area (Å²) in [6.07, 6.45) is 0. The van der Waals surface area contributed by atoms with Crippen LogP contribution < -0.4 is 9.64 Å². The number of carbonyl (C=O) groups excluding carboxylic acids is 2. The molecule has 1 heterocycles. The fourth-order valence-electron chi connectivity index (χ4n) is 4.19. The lowest BCUT2D eigenvalue weighted by Crippen LogP contribution is -2.29. The average molecular weight is 494 g/mol. The summed E-state index contributed by atoms with van der Waals surface area (Å²) < 4.78 is 19.3. The zero-order valence-electron chi connectivity index (χ0n) is 19.8. The van der Waals surface area contributed by atoms with Gasteiger partial charge < -0.3 is 9.84 Å². The topological polar surface area (TPSA) is 66.8 Å². The van der Waals surface area contributed by atoms with Gasteiger partial charge in [-0.3, -0.25) is 14.5 Å². The molecule has 180 valence electrons. The maximum absolute atomic E-state index is 13.9. The van der Waals surface area contributed by atoms with E-state index in [0.29, 0.717) is 16.9 Å². The highest BCUT2D eigenvalue weighted by atomic mass is 35.5. The molecule has 1 atom stereocenters. The number of ether oxygens (including phenoxy) is 1. The monoisotopic (exact) mass is 493 g/mol. The molecule has 5 nitrogen and oxygen atoms in total. The number of aliphatic hydroxyl groups excluding tert-OH is 1. The highest BCUT2D eigenvalue weighted by Gasteiger charge is 2.47. The van der Waals surface area contributed by atoms with Crippen LogP contribution in [0.4, 0.5) is 10.1 Å². The number of amides is 1. The Morgan fingerprint density at radius 2 is 1.71 bits per heavy atom. The van der Waals surface area contributed by atoms with Crippen LogP contribution in [0.1, 0.15) is 43.5 Å². The molecule has 1 unspecified atom stereocenters. The van der Waals surface area contributed by atoms with Gasteiger partial charge in [-0.1, -0.05) is 68.8 Å². The number of ketones is 1. The maximum atomic E-state index is 13.9. The standard InChI is InChI=1S/C28H25ClFNO4/c1-28(2,3)17-10-13-22(35-4)19(14-17)25(32)23-24(16-8-6-5-7-9-16)31(27(34)26(23)33)18-11-12-21(30)20(29)15-18/h5-15,24,32H,1-4H3/b25-23+. The highest BCUT2D eigenvalue weighted by Crippen LogP contribution is 2.44. The van der Waals surface area contributed by atoms with E-state index in [-0.39, 0.29) is 27.5 Å². The molecule has 3 aromatic carbocycles. The van der Waals surface area contributed by atoms with Crippen molar-refractivity contribution in [2.45, 2.75) is 32.2 Å². The summed E-state index contributed by atoms with van der Waals surface area (Å²) >= 11 is 5.99. The molecule has 1 N–H and O–H groups in total. The van der Waals surface area contributed by atoms with Gasteiger partial charge in [0, 0.05) is 5.69 Å². The fourth-order valence-corrected chi connectivity index (χ4v) is 4.36. The number of methoxy groups -OCH3 is 1. The highest BCUT2D eigenvalue weighted by molar-refractivity contribution is 6.51. The minimum Gasteiger partial charge on any atom is -0.507 e. The number of hydrogen-bond acceptors (Lipinski definition) is 4. The lowest BCUT2D eigenvalue weighted by atomic mass is 9.85. The van der Waals surface area contributed by atoms with Crippen LogP contribution in [0.3, 0.4) is 0 Å². The third-order valence-corrected chi connectivity index (χ3v) is 6.35. The minimum atomic E-state index is -0.958. The number of Topliss-reactive ketones (excluding diaryl/α,β-unsaturated/α-hetero) is 1. The average Bonchev–Trinajstić information content (AvgIpc) is 3.10. The Labute approximate surface area is 208 Å². The number of halogens is 2. The van der Waals surface area contributed by atoms with Crippen LogP contribution in [0.15, 0.2) is 72.3 Å². The van der Waals surface area contributed by atoms with Crippen molar-refractivity contribution in [2.24, 2.45) is 0 Å². The van der Waals surface area contributed by atoms with E-state index in [9.17, 15) is 19.1 Å². The van der Waals surface area contributed by atoms with Gasteiger partial charge in [0.25, 0.3) is 11.7 Å². The molecule has 3 aromatic rings. The summed E-state index contributed by atoms with van der Waals surface area (Å²) in [6, 6.07) is 17.1. The van der Waals surface area contributed by atoms with E-state index in [1.165, 1.54) is 24.1 Å². The van der Waals surface area contributed by atoms with Crippen molar-refractivity contribution in [3.8, 4) is 5.75 Å². The van der Waals surface area contributed by atoms with Crippen LogP contribution in [0.25, 0.3) is 5.76 Å². The van der Waals surface area contributed by atoms with Crippen molar-refractivity contribution < 1.29 is 23.8 Å². The second-order valence-electron chi connectivity index (χ2n) is 9.34. The Balaban J connectivity index is 1.99. The zero-order chi connectivity index (χ0) is 25.5. The normalized spacial score (nSPS) is 17.7. The van der Waals surface area contributed by atoms with E-state index in [4.69, 9.17) is 16.3 Å². The first kappa shape index (κ1) is 24.5. The molecule has 0 aliphatic carbocycles. The van der Waals surface area contributed by atoms with Crippen LogP contribution in [0.5, 0.6) is 5.75 Å². The van der Waals surface area contributed by atoms with Gasteiger partial charge in [-0.25, -0.2) is 4.39 Å². The molecule has 1 aliphatic heterocycles. The van der Waals surface area contributed by atoms with Crippen molar-refractivity contribution in [1.29, 1.82) is 0 Å². The first-order valence-corrected chi connectivity index (χ1v) is 11.4. The van der Waals surface area contributed by atoms with Gasteiger partial charge >= 0.3 is 0 Å². The largest absolute Gasteiger partial charge is 0.507 e. The van der Waals surface area contributed by atoms with E-state index in [0.717, 1.165) is 11.6 Å². The van der Waals surface area contributed by atoms with Gasteiger partial charge in [-0.05, 0) is 46.9 Å². The second kappa shape index (κ2) is 9.19. The lowest BCUT2D eigenvalue weighted by Gasteiger charge is -2.26. The number of benzene rings is 3. The smallest absolute Gasteiger partial charge is 0.300 e. The quantitative estimate of drug-likeness (QED) is 0.259. The molecule has 0 spiro atoms. The maximum Gasteiger partial charge on any atom is 0.300 e. The summed E-state index contributed by atoms with van der Waals surface area (Å²) in [6.45, 7) is 6.08. The number of aliphatic hydroxyl groups is 1. The molecule has 1 amide bonds. The van der Waals surface area contributed by atoms with Crippen LogP contribution in [-0.2, 0) is 15.0 Å². The zero-order valence-corrected chi connectivity index (χ0v) is 20.6. The third-order valence-electron chi connectivity index (χ3n) is 6.06. The van der Waals surface area contributed by atoms with Crippen molar-refractivity contribution in [2.75, 3.05) is 12.0 Å². The van der Waals surface area contributed by atoms with Crippen LogP contribution >= 0.6 is 11.6 Å². The SMILES string of the molecule is COc1ccc(C(C)(C)C)cc1/C(O)=C1\C(=O)C(=O)N(c2ccc(F)c(Cl)c2)C1c1ccccc1. The van der Waals surface area contributed by atoms with E-state index in [1.807, 2.05) is 26.8 Å². The number of carbonyl (C=O) groups is 2. The van der Waals surface area contributed by atoms with Gasteiger partial charge in [0.15, 0.2) is 0 Å². The van der Waals surface area contributed by atoms with Crippen LogP contribution in [0.2, 0.25) is 5.02 Å². The predicted molar refractivity (Wildman–Crippen MR) is 134 cm³/mol. The van der Waals surface area contributed by atoms with Crippen molar-refractivity contribution in [3.63, 3.8) is 0 Å². The van der Waals surface area contributed by atoms with Crippen molar-refractivity contribution in [1.82, 2.24) is 0 Å². The molecule has 1 aliphatic rings. The van der Waals surface area contributed by atoms with Gasteiger partial charge in [-0.15, -0.1) is 0 Å². The van der Waals surface area contributed by atoms with Crippen molar-refractivity contribution in [3.05, 3.63) is 99.8 Å². The molecule has 35 heavy (non-hydrogen) atoms.